The van der Waals surface area contributed by atoms with Gasteiger partial charge in [0.05, 0.1) is 30.5 Å². The molecule has 0 atom stereocenters. The molecule has 3 aromatic rings. The van der Waals surface area contributed by atoms with Gasteiger partial charge in [-0.1, -0.05) is 0 Å². The van der Waals surface area contributed by atoms with E-state index in [0.29, 0.717) is 12.4 Å². The molecule has 0 radical (unpaired) electrons. The summed E-state index contributed by atoms with van der Waals surface area (Å²) in [6.45, 7) is 0.679. The van der Waals surface area contributed by atoms with Crippen molar-refractivity contribution in [2.24, 2.45) is 7.05 Å². The predicted molar refractivity (Wildman–Crippen MR) is 72.2 cm³/mol. The molecule has 0 fully saturated rings. The Morgan fingerprint density at radius 2 is 2.21 bits per heavy atom. The Morgan fingerprint density at radius 1 is 1.32 bits per heavy atom. The molecule has 0 unspecified atom stereocenters. The van der Waals surface area contributed by atoms with Crippen molar-refractivity contribution in [3.05, 3.63) is 48.8 Å². The van der Waals surface area contributed by atoms with Crippen molar-refractivity contribution in [3.63, 3.8) is 0 Å². The highest BCUT2D eigenvalue weighted by Crippen LogP contribution is 2.20. The fourth-order valence-corrected chi connectivity index (χ4v) is 2.02. The molecule has 0 spiro atoms. The average molecular weight is 254 g/mol. The summed E-state index contributed by atoms with van der Waals surface area (Å²) in [6, 6.07) is 5.75. The van der Waals surface area contributed by atoms with Crippen LogP contribution in [0.2, 0.25) is 0 Å². The highest BCUT2D eigenvalue weighted by molar-refractivity contribution is 5.61. The summed E-state index contributed by atoms with van der Waals surface area (Å²) in [5, 5.41) is 4.37. The molecular formula is C13H14N6. The summed E-state index contributed by atoms with van der Waals surface area (Å²) < 4.78 is 3.83. The van der Waals surface area contributed by atoms with Crippen LogP contribution in [-0.4, -0.2) is 24.3 Å². The van der Waals surface area contributed by atoms with Crippen LogP contribution in [0.3, 0.4) is 0 Å². The van der Waals surface area contributed by atoms with E-state index in [-0.39, 0.29) is 0 Å². The summed E-state index contributed by atoms with van der Waals surface area (Å²) in [7, 11) is 1.90. The second kappa shape index (κ2) is 4.56. The van der Waals surface area contributed by atoms with Crippen molar-refractivity contribution in [1.82, 2.24) is 24.3 Å². The number of nitrogens with two attached hydrogens (primary N) is 1. The van der Waals surface area contributed by atoms with E-state index < -0.39 is 0 Å². The molecule has 0 saturated carbocycles. The monoisotopic (exact) mass is 254 g/mol. The minimum atomic E-state index is 0.503. The second-order valence-electron chi connectivity index (χ2n) is 4.36. The Kier molecular flexibility index (Phi) is 2.75. The van der Waals surface area contributed by atoms with Gasteiger partial charge in [0.1, 0.15) is 5.82 Å². The predicted octanol–water partition coefficient (Wildman–Crippen LogP) is 1.31. The smallest absolute Gasteiger partial charge is 0.123 e. The summed E-state index contributed by atoms with van der Waals surface area (Å²) in [5.74, 6) is 0.503. The van der Waals surface area contributed by atoms with Crippen LogP contribution in [0.15, 0.2) is 43.1 Å². The Labute approximate surface area is 110 Å². The van der Waals surface area contributed by atoms with E-state index in [4.69, 9.17) is 5.73 Å². The zero-order chi connectivity index (χ0) is 13.2. The lowest BCUT2D eigenvalue weighted by Crippen LogP contribution is -2.02. The Balaban J connectivity index is 1.94. The van der Waals surface area contributed by atoms with Gasteiger partial charge in [0.2, 0.25) is 0 Å². The number of imidazole rings is 1. The Morgan fingerprint density at radius 3 is 2.95 bits per heavy atom. The molecule has 6 nitrogen and oxygen atoms in total. The zero-order valence-corrected chi connectivity index (χ0v) is 10.6. The van der Waals surface area contributed by atoms with Crippen LogP contribution >= 0.6 is 0 Å². The summed E-state index contributed by atoms with van der Waals surface area (Å²) in [5.41, 5.74) is 8.70. The summed E-state index contributed by atoms with van der Waals surface area (Å²) >= 11 is 0. The molecule has 19 heavy (non-hydrogen) atoms. The molecule has 0 saturated heterocycles. The molecule has 6 heteroatoms. The number of rotatable bonds is 3. The Hall–Kier alpha value is -2.63. The number of hydrogen-bond donors (Lipinski definition) is 1. The maximum Gasteiger partial charge on any atom is 0.123 e. The van der Waals surface area contributed by atoms with Crippen molar-refractivity contribution >= 4 is 5.82 Å². The van der Waals surface area contributed by atoms with E-state index in [1.165, 1.54) is 0 Å². The lowest BCUT2D eigenvalue weighted by atomic mass is 10.2. The quantitative estimate of drug-likeness (QED) is 0.764. The van der Waals surface area contributed by atoms with Gasteiger partial charge in [0.15, 0.2) is 0 Å². The van der Waals surface area contributed by atoms with E-state index >= 15 is 0 Å². The van der Waals surface area contributed by atoms with E-state index in [1.54, 1.807) is 17.2 Å². The first-order valence-corrected chi connectivity index (χ1v) is 5.93. The first kappa shape index (κ1) is 11.5. The molecule has 0 aliphatic rings. The minimum absolute atomic E-state index is 0.503. The van der Waals surface area contributed by atoms with Gasteiger partial charge >= 0.3 is 0 Å². The first-order chi connectivity index (χ1) is 9.22. The number of nitrogens with zero attached hydrogens (tertiary/aromatic N) is 5. The summed E-state index contributed by atoms with van der Waals surface area (Å²) in [6.07, 6.45) is 7.23. The van der Waals surface area contributed by atoms with Crippen LogP contribution in [0, 0.1) is 0 Å². The van der Waals surface area contributed by atoms with Gasteiger partial charge in [0, 0.05) is 25.0 Å². The largest absolute Gasteiger partial charge is 0.384 e. The standard InChI is InChI=1S/C13H14N6/c1-18-5-3-11(17-18)8-19-9-15-7-12(19)10-2-4-16-13(14)6-10/h2-7,9H,8H2,1H3,(H2,14,16). The second-order valence-corrected chi connectivity index (χ2v) is 4.36. The number of aryl methyl sites for hydroxylation is 1. The van der Waals surface area contributed by atoms with E-state index in [0.717, 1.165) is 17.0 Å². The summed E-state index contributed by atoms with van der Waals surface area (Å²) in [4.78, 5) is 8.20. The fourth-order valence-electron chi connectivity index (χ4n) is 2.02. The number of anilines is 1. The number of nitrogen functional groups attached to an aromatic ring is 1. The van der Waals surface area contributed by atoms with E-state index in [9.17, 15) is 0 Å². The van der Waals surface area contributed by atoms with Crippen molar-refractivity contribution in [1.29, 1.82) is 0 Å². The normalized spacial score (nSPS) is 10.8. The van der Waals surface area contributed by atoms with E-state index in [2.05, 4.69) is 15.1 Å². The molecular weight excluding hydrogens is 240 g/mol. The van der Waals surface area contributed by atoms with Crippen LogP contribution in [0.5, 0.6) is 0 Å². The van der Waals surface area contributed by atoms with Crippen molar-refractivity contribution in [3.8, 4) is 11.3 Å². The molecule has 96 valence electrons. The third-order valence-electron chi connectivity index (χ3n) is 2.89. The maximum atomic E-state index is 5.71. The fraction of sp³-hybridized carbons (Fsp3) is 0.154. The molecule has 3 rings (SSSR count). The molecule has 0 bridgehead atoms. The molecule has 0 aliphatic carbocycles. The highest BCUT2D eigenvalue weighted by atomic mass is 15.3. The van der Waals surface area contributed by atoms with E-state index in [1.807, 2.05) is 42.2 Å². The van der Waals surface area contributed by atoms with Crippen LogP contribution in [0.1, 0.15) is 5.69 Å². The Bertz CT molecular complexity index is 696. The molecule has 3 heterocycles. The van der Waals surface area contributed by atoms with Gasteiger partial charge in [-0.25, -0.2) is 9.97 Å². The number of aromatic nitrogens is 5. The molecule has 2 N–H and O–H groups in total. The minimum Gasteiger partial charge on any atom is -0.384 e. The van der Waals surface area contributed by atoms with Gasteiger partial charge in [-0.05, 0) is 18.2 Å². The van der Waals surface area contributed by atoms with Gasteiger partial charge < -0.3 is 10.3 Å². The van der Waals surface area contributed by atoms with Gasteiger partial charge in [-0.2, -0.15) is 5.10 Å². The van der Waals surface area contributed by atoms with Crippen molar-refractivity contribution in [2.45, 2.75) is 6.54 Å². The average Bonchev–Trinajstić information content (AvgIpc) is 2.99. The van der Waals surface area contributed by atoms with Gasteiger partial charge in [-0.15, -0.1) is 0 Å². The number of pyridine rings is 1. The van der Waals surface area contributed by atoms with Gasteiger partial charge in [-0.3, -0.25) is 4.68 Å². The van der Waals surface area contributed by atoms with Crippen LogP contribution in [-0.2, 0) is 13.6 Å². The lowest BCUT2D eigenvalue weighted by Gasteiger charge is -2.06. The maximum absolute atomic E-state index is 5.71. The molecule has 0 aliphatic heterocycles. The number of hydrogen-bond acceptors (Lipinski definition) is 4. The van der Waals surface area contributed by atoms with Crippen molar-refractivity contribution < 1.29 is 0 Å². The third kappa shape index (κ3) is 2.33. The topological polar surface area (TPSA) is 74.5 Å². The van der Waals surface area contributed by atoms with Crippen LogP contribution in [0.25, 0.3) is 11.3 Å². The van der Waals surface area contributed by atoms with Gasteiger partial charge in [0.25, 0.3) is 0 Å². The molecule has 0 amide bonds. The first-order valence-electron chi connectivity index (χ1n) is 5.93. The zero-order valence-electron chi connectivity index (χ0n) is 10.6. The van der Waals surface area contributed by atoms with Crippen LogP contribution < -0.4 is 5.73 Å². The third-order valence-corrected chi connectivity index (χ3v) is 2.89. The van der Waals surface area contributed by atoms with Crippen molar-refractivity contribution in [2.75, 3.05) is 5.73 Å². The SMILES string of the molecule is Cn1ccc(Cn2cncc2-c2ccnc(N)c2)n1. The molecule has 0 aromatic carbocycles. The lowest BCUT2D eigenvalue weighted by molar-refractivity contribution is 0.708. The van der Waals surface area contributed by atoms with Crippen LogP contribution in [0.4, 0.5) is 5.82 Å². The highest BCUT2D eigenvalue weighted by Gasteiger charge is 2.07. The molecule has 3 aromatic heterocycles.